The van der Waals surface area contributed by atoms with Crippen molar-refractivity contribution in [2.75, 3.05) is 5.32 Å². The molecule has 0 unspecified atom stereocenters. The quantitative estimate of drug-likeness (QED) is 0.790. The lowest BCUT2D eigenvalue weighted by Crippen LogP contribution is -2.15. The SMILES string of the molecule is Cn1ccnc1-c1cccc(C(=O)Nc2ccc(C(F)(F)F)nc2)n1. The van der Waals surface area contributed by atoms with Gasteiger partial charge in [0.1, 0.15) is 17.1 Å². The van der Waals surface area contributed by atoms with Crippen molar-refractivity contribution in [1.29, 1.82) is 0 Å². The Morgan fingerprint density at radius 1 is 1.16 bits per heavy atom. The summed E-state index contributed by atoms with van der Waals surface area (Å²) in [7, 11) is 1.80. The molecule has 0 fully saturated rings. The van der Waals surface area contributed by atoms with Gasteiger partial charge in [-0.25, -0.2) is 15.0 Å². The largest absolute Gasteiger partial charge is 0.433 e. The third-order valence-corrected chi connectivity index (χ3v) is 3.34. The van der Waals surface area contributed by atoms with Gasteiger partial charge >= 0.3 is 6.18 Å². The number of aromatic nitrogens is 4. The van der Waals surface area contributed by atoms with E-state index in [0.29, 0.717) is 11.5 Å². The van der Waals surface area contributed by atoms with Crippen molar-refractivity contribution in [3.63, 3.8) is 0 Å². The molecule has 0 aliphatic rings. The maximum Gasteiger partial charge on any atom is 0.433 e. The van der Waals surface area contributed by atoms with E-state index in [-0.39, 0.29) is 11.4 Å². The molecule has 1 N–H and O–H groups in total. The molecule has 0 aliphatic carbocycles. The summed E-state index contributed by atoms with van der Waals surface area (Å²) in [4.78, 5) is 23.9. The Balaban J connectivity index is 1.79. The standard InChI is InChI=1S/C16H12F3N5O/c1-24-8-7-20-14(24)11-3-2-4-12(23-11)15(25)22-10-5-6-13(21-9-10)16(17,18)19/h2-9H,1H3,(H,22,25). The molecule has 3 rings (SSSR count). The van der Waals surface area contributed by atoms with E-state index >= 15 is 0 Å². The molecular formula is C16H12F3N5O. The molecule has 0 spiro atoms. The van der Waals surface area contributed by atoms with Crippen molar-refractivity contribution in [2.45, 2.75) is 6.18 Å². The number of carbonyl (C=O) groups excluding carboxylic acids is 1. The van der Waals surface area contributed by atoms with Gasteiger partial charge in [0.15, 0.2) is 5.82 Å². The van der Waals surface area contributed by atoms with Crippen molar-refractivity contribution >= 4 is 11.6 Å². The number of alkyl halides is 3. The normalized spacial score (nSPS) is 11.4. The molecule has 0 atom stereocenters. The average Bonchev–Trinajstić information content (AvgIpc) is 3.01. The highest BCUT2D eigenvalue weighted by atomic mass is 19.4. The predicted octanol–water partition coefficient (Wildman–Crippen LogP) is 3.15. The number of rotatable bonds is 3. The van der Waals surface area contributed by atoms with Crippen LogP contribution in [0.1, 0.15) is 16.2 Å². The highest BCUT2D eigenvalue weighted by molar-refractivity contribution is 6.03. The van der Waals surface area contributed by atoms with Crippen molar-refractivity contribution in [1.82, 2.24) is 19.5 Å². The molecule has 0 aromatic carbocycles. The van der Waals surface area contributed by atoms with E-state index in [1.807, 2.05) is 0 Å². The van der Waals surface area contributed by atoms with Gasteiger partial charge in [-0.1, -0.05) is 6.07 Å². The van der Waals surface area contributed by atoms with E-state index in [2.05, 4.69) is 20.3 Å². The summed E-state index contributed by atoms with van der Waals surface area (Å²) >= 11 is 0. The lowest BCUT2D eigenvalue weighted by Gasteiger charge is -2.08. The highest BCUT2D eigenvalue weighted by Crippen LogP contribution is 2.27. The van der Waals surface area contributed by atoms with Crippen LogP contribution in [0.4, 0.5) is 18.9 Å². The zero-order valence-corrected chi connectivity index (χ0v) is 12.9. The first-order valence-electron chi connectivity index (χ1n) is 7.14. The molecule has 0 saturated heterocycles. The Bertz CT molecular complexity index is 903. The predicted molar refractivity (Wildman–Crippen MR) is 83.6 cm³/mol. The lowest BCUT2D eigenvalue weighted by atomic mass is 10.2. The Morgan fingerprint density at radius 3 is 2.56 bits per heavy atom. The van der Waals surface area contributed by atoms with Gasteiger partial charge in [0, 0.05) is 19.4 Å². The molecular weight excluding hydrogens is 335 g/mol. The zero-order chi connectivity index (χ0) is 18.0. The van der Waals surface area contributed by atoms with Crippen LogP contribution in [0, 0.1) is 0 Å². The number of nitrogens with one attached hydrogen (secondary N) is 1. The fourth-order valence-electron chi connectivity index (χ4n) is 2.13. The van der Waals surface area contributed by atoms with Crippen molar-refractivity contribution in [2.24, 2.45) is 7.05 Å². The summed E-state index contributed by atoms with van der Waals surface area (Å²) < 4.78 is 39.2. The monoisotopic (exact) mass is 347 g/mol. The van der Waals surface area contributed by atoms with Gasteiger partial charge in [-0.15, -0.1) is 0 Å². The van der Waals surface area contributed by atoms with Crippen LogP contribution in [0.3, 0.4) is 0 Å². The Morgan fingerprint density at radius 2 is 1.96 bits per heavy atom. The third kappa shape index (κ3) is 3.65. The first kappa shape index (κ1) is 16.6. The molecule has 0 saturated carbocycles. The average molecular weight is 347 g/mol. The maximum atomic E-state index is 12.5. The number of halogens is 3. The zero-order valence-electron chi connectivity index (χ0n) is 12.9. The number of carbonyl (C=O) groups is 1. The summed E-state index contributed by atoms with van der Waals surface area (Å²) in [6.45, 7) is 0. The summed E-state index contributed by atoms with van der Waals surface area (Å²) in [5, 5.41) is 2.47. The van der Waals surface area contributed by atoms with E-state index in [0.717, 1.165) is 18.3 Å². The van der Waals surface area contributed by atoms with Crippen LogP contribution in [0.25, 0.3) is 11.5 Å². The number of nitrogens with zero attached hydrogens (tertiary/aromatic N) is 4. The van der Waals surface area contributed by atoms with Gasteiger partial charge in [-0.3, -0.25) is 4.79 Å². The summed E-state index contributed by atoms with van der Waals surface area (Å²) in [6.07, 6.45) is -0.223. The molecule has 0 aliphatic heterocycles. The topological polar surface area (TPSA) is 72.7 Å². The molecule has 3 heterocycles. The second kappa shape index (κ2) is 6.34. The molecule has 9 heteroatoms. The Labute approximate surface area is 140 Å². The number of hydrogen-bond donors (Lipinski definition) is 1. The van der Waals surface area contributed by atoms with E-state index in [1.54, 1.807) is 36.1 Å². The highest BCUT2D eigenvalue weighted by Gasteiger charge is 2.32. The minimum absolute atomic E-state index is 0.111. The van der Waals surface area contributed by atoms with Gasteiger partial charge in [-0.05, 0) is 24.3 Å². The lowest BCUT2D eigenvalue weighted by molar-refractivity contribution is -0.141. The minimum atomic E-state index is -4.53. The van der Waals surface area contributed by atoms with Gasteiger partial charge < -0.3 is 9.88 Å². The first-order valence-corrected chi connectivity index (χ1v) is 7.14. The summed E-state index contributed by atoms with van der Waals surface area (Å²) in [5.74, 6) is 0.0310. The molecule has 25 heavy (non-hydrogen) atoms. The van der Waals surface area contributed by atoms with Crippen LogP contribution >= 0.6 is 0 Å². The van der Waals surface area contributed by atoms with Gasteiger partial charge in [0.25, 0.3) is 5.91 Å². The van der Waals surface area contributed by atoms with E-state index < -0.39 is 17.8 Å². The summed E-state index contributed by atoms with van der Waals surface area (Å²) in [6, 6.07) is 6.79. The van der Waals surface area contributed by atoms with Crippen molar-refractivity contribution in [3.8, 4) is 11.5 Å². The van der Waals surface area contributed by atoms with Crippen LogP contribution in [-0.4, -0.2) is 25.4 Å². The Hall–Kier alpha value is -3.23. The molecule has 3 aromatic rings. The van der Waals surface area contributed by atoms with Gasteiger partial charge in [-0.2, -0.15) is 13.2 Å². The molecule has 1 amide bonds. The molecule has 3 aromatic heterocycles. The number of hydrogen-bond acceptors (Lipinski definition) is 4. The molecule has 0 radical (unpaired) electrons. The van der Waals surface area contributed by atoms with E-state index in [4.69, 9.17) is 0 Å². The molecule has 0 bridgehead atoms. The third-order valence-electron chi connectivity index (χ3n) is 3.34. The molecule has 128 valence electrons. The van der Waals surface area contributed by atoms with E-state index in [9.17, 15) is 18.0 Å². The van der Waals surface area contributed by atoms with Crippen LogP contribution in [-0.2, 0) is 13.2 Å². The molecule has 6 nitrogen and oxygen atoms in total. The number of anilines is 1. The van der Waals surface area contributed by atoms with Crippen LogP contribution in [0.2, 0.25) is 0 Å². The smallest absolute Gasteiger partial charge is 0.333 e. The fourth-order valence-corrected chi connectivity index (χ4v) is 2.13. The first-order chi connectivity index (χ1) is 11.8. The van der Waals surface area contributed by atoms with E-state index in [1.165, 1.54) is 6.07 Å². The number of pyridine rings is 2. The Kier molecular flexibility index (Phi) is 4.22. The van der Waals surface area contributed by atoms with Crippen LogP contribution < -0.4 is 5.32 Å². The second-order valence-corrected chi connectivity index (χ2v) is 5.15. The van der Waals surface area contributed by atoms with Crippen LogP contribution in [0.15, 0.2) is 48.9 Å². The summed E-state index contributed by atoms with van der Waals surface area (Å²) in [5.41, 5.74) is -0.270. The minimum Gasteiger partial charge on any atom is -0.333 e. The number of amides is 1. The van der Waals surface area contributed by atoms with Crippen LogP contribution in [0.5, 0.6) is 0 Å². The van der Waals surface area contributed by atoms with Crippen molar-refractivity contribution < 1.29 is 18.0 Å². The fraction of sp³-hybridized carbons (Fsp3) is 0.125. The number of imidazole rings is 1. The second-order valence-electron chi connectivity index (χ2n) is 5.15. The van der Waals surface area contributed by atoms with Gasteiger partial charge in [0.2, 0.25) is 0 Å². The maximum absolute atomic E-state index is 12.5. The van der Waals surface area contributed by atoms with Crippen molar-refractivity contribution in [3.05, 3.63) is 60.3 Å². The van der Waals surface area contributed by atoms with Gasteiger partial charge in [0.05, 0.1) is 11.9 Å². The number of aryl methyl sites for hydroxylation is 1.